The zero-order valence-corrected chi connectivity index (χ0v) is 56.7. The molecule has 0 aliphatic carbocycles. The maximum absolute atomic E-state index is 14.9. The van der Waals surface area contributed by atoms with E-state index in [4.69, 9.17) is 80.5 Å². The Kier molecular flexibility index (Phi) is 23.3. The second kappa shape index (κ2) is 31.7. The van der Waals surface area contributed by atoms with Gasteiger partial charge in [0.15, 0.2) is 61.8 Å². The Morgan fingerprint density at radius 2 is 0.583 bits per heavy atom. The molecule has 10 rings (SSSR count). The molecule has 36 nitrogen and oxygen atoms in total. The first-order valence-corrected chi connectivity index (χ1v) is 32.0. The first kappa shape index (κ1) is 75.6. The molecule has 1 N–H and O–H groups in total. The summed E-state index contributed by atoms with van der Waals surface area (Å²) < 4.78 is 103. The van der Waals surface area contributed by atoms with Crippen molar-refractivity contribution in [2.45, 2.75) is 185 Å². The third-order valence-electron chi connectivity index (χ3n) is 17.2. The monoisotopic (exact) mass is 1450 g/mol. The van der Waals surface area contributed by atoms with Gasteiger partial charge >= 0.3 is 53.7 Å². The van der Waals surface area contributed by atoms with Crippen molar-refractivity contribution >= 4 is 89.2 Å². The van der Waals surface area contributed by atoms with Crippen molar-refractivity contribution in [2.24, 2.45) is 0 Å². The lowest BCUT2D eigenvalue weighted by molar-refractivity contribution is -0.384. The quantitative estimate of drug-likeness (QED) is 0.0739. The van der Waals surface area contributed by atoms with Crippen LogP contribution in [-0.4, -0.2) is 265 Å². The number of hydrogen-bond donors (Lipinski definition) is 1. The summed E-state index contributed by atoms with van der Waals surface area (Å²) in [5.74, 6) is -15.6. The lowest BCUT2D eigenvalue weighted by Gasteiger charge is -2.52. The number of hydrogen-bond acceptors (Lipinski definition) is 33. The van der Waals surface area contributed by atoms with E-state index in [-0.39, 0.29) is 33.4 Å². The molecule has 4 saturated heterocycles. The lowest BCUT2D eigenvalue weighted by Crippen LogP contribution is -2.71. The molecule has 7 heterocycles. The van der Waals surface area contributed by atoms with Gasteiger partial charge in [-0.15, -0.1) is 0 Å². The highest BCUT2D eigenvalue weighted by molar-refractivity contribution is 6.23. The molecule has 3 unspecified atom stereocenters. The summed E-state index contributed by atoms with van der Waals surface area (Å²) in [5, 5.41) is 13.4. The average Bonchev–Trinajstić information content (AvgIpc) is 1.68. The summed E-state index contributed by atoms with van der Waals surface area (Å²) in [6, 6.07) is 10.1. The van der Waals surface area contributed by atoms with E-state index in [0.717, 1.165) is 69.4 Å². The van der Waals surface area contributed by atoms with Crippen LogP contribution in [-0.2, 0) is 124 Å². The molecule has 103 heavy (non-hydrogen) atoms. The summed E-state index contributed by atoms with van der Waals surface area (Å²) in [5.41, 5.74) is -1.15. The smallest absolute Gasteiger partial charge is 0.303 e. The van der Waals surface area contributed by atoms with Gasteiger partial charge in [-0.1, -0.05) is 36.4 Å². The van der Waals surface area contributed by atoms with Crippen LogP contribution >= 0.6 is 0 Å². The Bertz CT molecular complexity index is 3790. The fourth-order valence-corrected chi connectivity index (χ4v) is 13.3. The molecule has 4 fully saturated rings. The van der Waals surface area contributed by atoms with E-state index in [1.807, 2.05) is 0 Å². The van der Waals surface area contributed by atoms with Crippen molar-refractivity contribution < 1.29 is 158 Å². The normalized spacial score (nSPS) is 30.8. The second-order valence-electron chi connectivity index (χ2n) is 24.3. The van der Waals surface area contributed by atoms with Crippen molar-refractivity contribution in [3.05, 3.63) is 106 Å². The number of carbonyl (C=O) groups excluding carboxylic acids is 15. The Morgan fingerprint density at radius 3 is 0.854 bits per heavy atom. The molecule has 0 saturated carbocycles. The number of aliphatic hydroxyl groups excluding tert-OH is 1. The number of methoxy groups -OCH3 is 1. The van der Waals surface area contributed by atoms with Crippen LogP contribution in [0.4, 0.5) is 0 Å². The molecule has 3 aromatic carbocycles. The Balaban J connectivity index is 1.15. The molecular weight excluding hydrogens is 1370 g/mol. The number of nitrogens with zero attached hydrogens (tertiary/aromatic N) is 3. The fourth-order valence-electron chi connectivity index (χ4n) is 13.3. The average molecular weight is 1450 g/mol. The lowest BCUT2D eigenvalue weighted by atomic mass is 9.93. The van der Waals surface area contributed by atoms with Crippen LogP contribution < -0.4 is 0 Å². The number of rotatable bonds is 23. The molecule has 6 amide bonds. The number of amides is 6. The van der Waals surface area contributed by atoms with Gasteiger partial charge in [0.1, 0.15) is 80.7 Å². The zero-order valence-electron chi connectivity index (χ0n) is 56.7. The molecule has 552 valence electrons. The third kappa shape index (κ3) is 15.8. The van der Waals surface area contributed by atoms with E-state index >= 15 is 0 Å². The molecular formula is C67H71N3O33. The number of fused-ring (bicyclic) bond motifs is 3. The minimum atomic E-state index is -2.43. The largest absolute Gasteiger partial charge is 0.463 e. The number of carbonyl (C=O) groups is 15. The van der Waals surface area contributed by atoms with E-state index in [0.29, 0.717) is 14.7 Å². The topological polar surface area (TPSA) is 443 Å². The van der Waals surface area contributed by atoms with E-state index in [9.17, 15) is 77.0 Å². The van der Waals surface area contributed by atoms with Gasteiger partial charge in [0.05, 0.1) is 40.0 Å². The number of esters is 9. The maximum atomic E-state index is 14.9. The molecule has 3 aromatic rings. The Labute approximate surface area is 584 Å². The van der Waals surface area contributed by atoms with E-state index in [2.05, 4.69) is 0 Å². The zero-order chi connectivity index (χ0) is 74.7. The molecule has 36 heteroatoms. The van der Waals surface area contributed by atoms with E-state index in [1.54, 1.807) is 0 Å². The minimum Gasteiger partial charge on any atom is -0.463 e. The first-order valence-electron chi connectivity index (χ1n) is 32.0. The van der Waals surface area contributed by atoms with Crippen LogP contribution in [0, 0.1) is 0 Å². The Morgan fingerprint density at radius 1 is 0.330 bits per heavy atom. The SMILES string of the molecule is CO[C@@H]1O[C@H](CO[C@@H]2O[C@H](COC(C)=O)[C@@H](OC(C)=O)[C@H](OC(C)=O)C2N2C(=O)c3ccccc3C2=O)[C@H](O)[C@H](O[C@@H]2O[C@H](COC(C)=O)[C@@H](OC(C)=O)[C@H](OC(C)=O)C2N2C(=O)c3ccccc3C2=O)[C@H]1O[C@@H]1O[C@H](COC(C)=O)[C@@H](OC(C)=O)[C@H](OC(C)=O)C1N1C(=O)c2ccccc2C1=O. The van der Waals surface area contributed by atoms with Crippen LogP contribution in [0.3, 0.4) is 0 Å². The van der Waals surface area contributed by atoms with E-state index in [1.165, 1.54) is 72.8 Å². The third-order valence-corrected chi connectivity index (χ3v) is 17.2. The van der Waals surface area contributed by atoms with Gasteiger partial charge in [-0.3, -0.25) is 86.6 Å². The maximum Gasteiger partial charge on any atom is 0.303 e. The van der Waals surface area contributed by atoms with Crippen molar-refractivity contribution in [1.82, 2.24) is 14.7 Å². The number of imide groups is 3. The predicted molar refractivity (Wildman–Crippen MR) is 329 cm³/mol. The number of ether oxygens (including phenoxy) is 17. The second-order valence-corrected chi connectivity index (χ2v) is 24.3. The van der Waals surface area contributed by atoms with Gasteiger partial charge in [0.2, 0.25) is 0 Å². The van der Waals surface area contributed by atoms with Crippen LogP contribution in [0.25, 0.3) is 0 Å². The van der Waals surface area contributed by atoms with E-state index < -0.39 is 238 Å². The highest BCUT2D eigenvalue weighted by Crippen LogP contribution is 2.43. The Hall–Kier alpha value is -10.1. The van der Waals surface area contributed by atoms with Crippen LogP contribution in [0.5, 0.6) is 0 Å². The predicted octanol–water partition coefficient (Wildman–Crippen LogP) is -0.0458. The molecule has 0 aromatic heterocycles. The molecule has 7 aliphatic rings. The van der Waals surface area contributed by atoms with Crippen LogP contribution in [0.1, 0.15) is 124 Å². The van der Waals surface area contributed by atoms with Gasteiger partial charge in [-0.2, -0.15) is 0 Å². The minimum absolute atomic E-state index is 0.153. The molecule has 7 aliphatic heterocycles. The molecule has 20 atom stereocenters. The molecule has 0 spiro atoms. The fraction of sp³-hybridized carbons (Fsp3) is 0.507. The van der Waals surface area contributed by atoms with Crippen LogP contribution in [0.15, 0.2) is 72.8 Å². The summed E-state index contributed by atoms with van der Waals surface area (Å²) in [6.45, 7) is 5.05. The highest BCUT2D eigenvalue weighted by atomic mass is 16.8. The highest BCUT2D eigenvalue weighted by Gasteiger charge is 2.64. The summed E-state index contributed by atoms with van der Waals surface area (Å²) in [6.07, 6.45) is -34.9. The first-order chi connectivity index (χ1) is 48.9. The van der Waals surface area contributed by atoms with Crippen molar-refractivity contribution in [3.63, 3.8) is 0 Å². The van der Waals surface area contributed by atoms with Crippen LogP contribution in [0.2, 0.25) is 0 Å². The standard InChI is InChI=1S/C67H71N3O33/c1-27(71)88-24-43-50(92-30(4)74)53(95-33(7)77)46(68-58(81)36-17-11-12-18-37(36)59(68)82)64(99-43)91-23-42-49(80)56(102-65-47(69-60(83)38-19-13-14-20-39(38)61(69)84)54(96-34(8)78)51(93-31(5)75)44(100-65)25-89-28(2)72)57(67(87-10)98-42)103-66-48(70-62(85)40-21-15-16-22-41(40)63(70)86)55(97-35(9)79)52(94-32(6)76)45(101-66)26-90-29(3)73/h11-22,42-57,64-67,80H,23-26H2,1-10H3/t42-,43-,44-,45-,46?,47?,48?,49+,50-,51-,52-,53-,54-,55-,56+,57-,64-,65+,66+,67-/m1/s1. The number of aliphatic hydroxyl groups is 1. The van der Waals surface area contributed by atoms with Gasteiger partial charge in [0, 0.05) is 69.4 Å². The molecule has 0 radical (unpaired) electrons. The summed E-state index contributed by atoms with van der Waals surface area (Å²) in [4.78, 5) is 207. The summed E-state index contributed by atoms with van der Waals surface area (Å²) in [7, 11) is 1.01. The van der Waals surface area contributed by atoms with Crippen molar-refractivity contribution in [2.75, 3.05) is 33.5 Å². The van der Waals surface area contributed by atoms with Gasteiger partial charge in [0.25, 0.3) is 35.4 Å². The molecule has 0 bridgehead atoms. The van der Waals surface area contributed by atoms with Crippen molar-refractivity contribution in [3.8, 4) is 0 Å². The van der Waals surface area contributed by atoms with Gasteiger partial charge in [-0.25, -0.2) is 0 Å². The van der Waals surface area contributed by atoms with Crippen molar-refractivity contribution in [1.29, 1.82) is 0 Å². The van der Waals surface area contributed by atoms with Gasteiger partial charge < -0.3 is 85.6 Å². The van der Waals surface area contributed by atoms with Gasteiger partial charge in [-0.05, 0) is 36.4 Å². The summed E-state index contributed by atoms with van der Waals surface area (Å²) >= 11 is 0. The number of benzene rings is 3.